The summed E-state index contributed by atoms with van der Waals surface area (Å²) in [5, 5.41) is 0.761. The van der Waals surface area contributed by atoms with Gasteiger partial charge < -0.3 is 4.98 Å². The van der Waals surface area contributed by atoms with Crippen LogP contribution < -0.4 is 4.90 Å². The van der Waals surface area contributed by atoms with E-state index in [0.717, 1.165) is 27.0 Å². The van der Waals surface area contributed by atoms with Crippen LogP contribution in [-0.4, -0.2) is 32.5 Å². The Labute approximate surface area is 210 Å². The van der Waals surface area contributed by atoms with Gasteiger partial charge in [-0.05, 0) is 65.7 Å². The van der Waals surface area contributed by atoms with Crippen molar-refractivity contribution >= 4 is 34.4 Å². The Bertz CT molecular complexity index is 1690. The lowest BCUT2D eigenvalue weighted by Crippen LogP contribution is -2.40. The monoisotopic (exact) mass is 490 g/mol. The normalized spacial score (nSPS) is 14.0. The molecule has 0 atom stereocenters. The van der Waals surface area contributed by atoms with Crippen molar-refractivity contribution in [3.05, 3.63) is 102 Å². The molecule has 0 radical (unpaired) electrons. The number of halogens is 1. The number of pyridine rings is 2. The maximum atomic E-state index is 13.6. The number of Topliss-reactive ketones (excluding diaryl/α,β-unsaturated/α-hetero) is 1. The van der Waals surface area contributed by atoms with E-state index in [1.54, 1.807) is 60.9 Å². The molecule has 2 aromatic carbocycles. The predicted molar refractivity (Wildman–Crippen MR) is 137 cm³/mol. The number of nitrogens with one attached hydrogen (secondary N) is 1. The van der Waals surface area contributed by atoms with Crippen molar-refractivity contribution in [2.45, 2.75) is 12.8 Å². The summed E-state index contributed by atoms with van der Waals surface area (Å²) in [4.78, 5) is 52.2. The van der Waals surface area contributed by atoms with Gasteiger partial charge in [0, 0.05) is 41.7 Å². The number of benzene rings is 2. The smallest absolute Gasteiger partial charge is 0.267 e. The fourth-order valence-electron chi connectivity index (χ4n) is 4.68. The summed E-state index contributed by atoms with van der Waals surface area (Å²) >= 11 is 0. The number of amides is 2. The average Bonchev–Trinajstić information content (AvgIpc) is 3.31. The first-order valence-electron chi connectivity index (χ1n) is 11.7. The lowest BCUT2D eigenvalue weighted by atomic mass is 9.97. The molecule has 0 aliphatic carbocycles. The van der Waals surface area contributed by atoms with Gasteiger partial charge in [-0.25, -0.2) is 14.3 Å². The van der Waals surface area contributed by atoms with Gasteiger partial charge in [0.05, 0.1) is 11.3 Å². The molecule has 0 fully saturated rings. The van der Waals surface area contributed by atoms with E-state index >= 15 is 0 Å². The number of rotatable bonds is 3. The molecule has 1 N–H and O–H groups in total. The van der Waals surface area contributed by atoms with Gasteiger partial charge in [-0.15, -0.1) is 0 Å². The molecular formula is C29H19FN4O3. The lowest BCUT2D eigenvalue weighted by Gasteiger charge is -2.23. The quantitative estimate of drug-likeness (QED) is 0.333. The second kappa shape index (κ2) is 8.91. The van der Waals surface area contributed by atoms with Crippen LogP contribution in [0.5, 0.6) is 0 Å². The van der Waals surface area contributed by atoms with Crippen molar-refractivity contribution in [2.24, 2.45) is 0 Å². The summed E-state index contributed by atoms with van der Waals surface area (Å²) in [5.74, 6) is -1.53. The molecule has 0 unspecified atom stereocenters. The van der Waals surface area contributed by atoms with Crippen molar-refractivity contribution in [1.82, 2.24) is 15.0 Å². The van der Waals surface area contributed by atoms with Crippen molar-refractivity contribution < 1.29 is 18.8 Å². The fraction of sp³-hybridized carbons (Fsp3) is 0.0690. The highest BCUT2D eigenvalue weighted by atomic mass is 19.1. The number of carbonyl (C=O) groups excluding carboxylic acids is 3. The summed E-state index contributed by atoms with van der Waals surface area (Å²) in [6.45, 7) is 0. The highest BCUT2D eigenvalue weighted by Crippen LogP contribution is 2.38. The zero-order valence-electron chi connectivity index (χ0n) is 19.4. The van der Waals surface area contributed by atoms with Gasteiger partial charge in [0.1, 0.15) is 17.3 Å². The van der Waals surface area contributed by atoms with Crippen molar-refractivity contribution in [3.8, 4) is 22.4 Å². The minimum atomic E-state index is -0.597. The minimum Gasteiger partial charge on any atom is -0.339 e. The van der Waals surface area contributed by atoms with E-state index in [0.29, 0.717) is 16.9 Å². The zero-order valence-corrected chi connectivity index (χ0v) is 19.4. The third-order valence-electron chi connectivity index (χ3n) is 6.45. The van der Waals surface area contributed by atoms with Crippen LogP contribution >= 0.6 is 0 Å². The van der Waals surface area contributed by atoms with Crippen LogP contribution in [0.3, 0.4) is 0 Å². The van der Waals surface area contributed by atoms with Crippen LogP contribution in [0.1, 0.15) is 33.6 Å². The second-order valence-electron chi connectivity index (χ2n) is 8.69. The Morgan fingerprint density at radius 3 is 2.27 bits per heavy atom. The zero-order chi connectivity index (χ0) is 25.5. The topological polar surface area (TPSA) is 96.0 Å². The Kier molecular flexibility index (Phi) is 5.41. The molecule has 180 valence electrons. The number of hydrogen-bond donors (Lipinski definition) is 1. The molecule has 2 amide bonds. The van der Waals surface area contributed by atoms with Crippen LogP contribution in [0.4, 0.5) is 10.2 Å². The number of imide groups is 1. The molecule has 0 saturated carbocycles. The highest BCUT2D eigenvalue weighted by molar-refractivity contribution is 6.25. The second-order valence-corrected chi connectivity index (χ2v) is 8.69. The Balaban J connectivity index is 1.53. The Morgan fingerprint density at radius 2 is 1.51 bits per heavy atom. The molecule has 0 spiro atoms. The standard InChI is InChI=1S/C29H19FN4O3/c30-19-7-5-18(6-8-19)27-26(17-13-15-31-16-14-17)22-9-11-24(32-28(22)33-27)34-25(36)12-10-23(35)20-3-1-2-4-21(20)29(34)37/h1-9,11,13-16H,10,12H2,(H,32,33). The number of aromatic amines is 1. The summed E-state index contributed by atoms with van der Waals surface area (Å²) in [6, 6.07) is 19.7. The molecule has 3 aromatic heterocycles. The molecule has 8 heteroatoms. The Hall–Kier alpha value is -4.98. The number of fused-ring (bicyclic) bond motifs is 2. The van der Waals surface area contributed by atoms with Gasteiger partial charge in [-0.1, -0.05) is 18.2 Å². The molecule has 37 heavy (non-hydrogen) atoms. The summed E-state index contributed by atoms with van der Waals surface area (Å²) in [6.07, 6.45) is 3.26. The first kappa shape index (κ1) is 22.5. The molecular weight excluding hydrogens is 471 g/mol. The van der Waals surface area contributed by atoms with E-state index < -0.39 is 11.8 Å². The largest absolute Gasteiger partial charge is 0.339 e. The van der Waals surface area contributed by atoms with Crippen LogP contribution in [0.15, 0.2) is 85.2 Å². The first-order valence-corrected chi connectivity index (χ1v) is 11.7. The number of anilines is 1. The Morgan fingerprint density at radius 1 is 0.784 bits per heavy atom. The van der Waals surface area contributed by atoms with Gasteiger partial charge in [-0.3, -0.25) is 19.4 Å². The van der Waals surface area contributed by atoms with Gasteiger partial charge in [0.15, 0.2) is 5.78 Å². The molecule has 4 heterocycles. The number of H-pyrrole nitrogens is 1. The third kappa shape index (κ3) is 3.88. The van der Waals surface area contributed by atoms with Crippen LogP contribution in [-0.2, 0) is 4.79 Å². The summed E-state index contributed by atoms with van der Waals surface area (Å²) < 4.78 is 13.6. The molecule has 0 saturated heterocycles. The van der Waals surface area contributed by atoms with Crippen molar-refractivity contribution in [3.63, 3.8) is 0 Å². The summed E-state index contributed by atoms with van der Waals surface area (Å²) in [7, 11) is 0. The summed E-state index contributed by atoms with van der Waals surface area (Å²) in [5.41, 5.74) is 4.09. The number of ketones is 1. The first-order chi connectivity index (χ1) is 18.0. The van der Waals surface area contributed by atoms with E-state index in [-0.39, 0.29) is 35.8 Å². The molecule has 7 nitrogen and oxygen atoms in total. The van der Waals surface area contributed by atoms with E-state index in [4.69, 9.17) is 0 Å². The fourth-order valence-corrected chi connectivity index (χ4v) is 4.68. The predicted octanol–water partition coefficient (Wildman–Crippen LogP) is 5.58. The van der Waals surface area contributed by atoms with Gasteiger partial charge >= 0.3 is 0 Å². The SMILES string of the molecule is O=C1CCC(=O)N(c2ccc3c(-c4ccncc4)c(-c4ccc(F)cc4)[nH]c3n2)C(=O)c2ccccc21. The maximum absolute atomic E-state index is 13.6. The van der Waals surface area contributed by atoms with Gasteiger partial charge in [-0.2, -0.15) is 0 Å². The maximum Gasteiger partial charge on any atom is 0.267 e. The minimum absolute atomic E-state index is 0.00524. The lowest BCUT2D eigenvalue weighted by molar-refractivity contribution is -0.118. The van der Waals surface area contributed by atoms with Gasteiger partial charge in [0.25, 0.3) is 5.91 Å². The molecule has 5 aromatic rings. The molecule has 0 bridgehead atoms. The highest BCUT2D eigenvalue weighted by Gasteiger charge is 2.32. The van der Waals surface area contributed by atoms with Crippen LogP contribution in [0.2, 0.25) is 0 Å². The number of nitrogens with zero attached hydrogens (tertiary/aromatic N) is 3. The number of aromatic nitrogens is 3. The average molecular weight is 490 g/mol. The number of hydrogen-bond acceptors (Lipinski definition) is 5. The molecule has 1 aliphatic heterocycles. The molecule has 6 rings (SSSR count). The third-order valence-corrected chi connectivity index (χ3v) is 6.45. The van der Waals surface area contributed by atoms with Crippen molar-refractivity contribution in [1.29, 1.82) is 0 Å². The van der Waals surface area contributed by atoms with E-state index in [1.165, 1.54) is 12.1 Å². The number of carbonyl (C=O) groups is 3. The van der Waals surface area contributed by atoms with Crippen LogP contribution in [0, 0.1) is 5.82 Å². The van der Waals surface area contributed by atoms with E-state index in [2.05, 4.69) is 15.0 Å². The van der Waals surface area contributed by atoms with Crippen molar-refractivity contribution in [2.75, 3.05) is 4.90 Å². The van der Waals surface area contributed by atoms with E-state index in [9.17, 15) is 18.8 Å². The van der Waals surface area contributed by atoms with Crippen LogP contribution in [0.25, 0.3) is 33.4 Å². The van der Waals surface area contributed by atoms with E-state index in [1.807, 2.05) is 12.1 Å². The molecule has 1 aliphatic rings. The van der Waals surface area contributed by atoms with Gasteiger partial charge in [0.2, 0.25) is 5.91 Å².